The fourth-order valence-electron chi connectivity index (χ4n) is 2.12. The lowest BCUT2D eigenvalue weighted by Crippen LogP contribution is -2.23. The van der Waals surface area contributed by atoms with E-state index in [1.807, 2.05) is 18.2 Å². The second-order valence-electron chi connectivity index (χ2n) is 4.90. The number of nitrogens with one attached hydrogen (secondary N) is 2. The van der Waals surface area contributed by atoms with Gasteiger partial charge in [0.1, 0.15) is 11.5 Å². The lowest BCUT2D eigenvalue weighted by molar-refractivity contribution is 0.382. The van der Waals surface area contributed by atoms with Crippen molar-refractivity contribution < 1.29 is 9.47 Å². The van der Waals surface area contributed by atoms with Gasteiger partial charge in [0, 0.05) is 18.2 Å². The summed E-state index contributed by atoms with van der Waals surface area (Å²) in [6, 6.07) is 6.68. The van der Waals surface area contributed by atoms with Crippen LogP contribution in [0.5, 0.6) is 11.5 Å². The maximum Gasteiger partial charge on any atom is 0.127 e. The first kappa shape index (κ1) is 14.2. The molecule has 0 spiro atoms. The van der Waals surface area contributed by atoms with Crippen LogP contribution in [0.1, 0.15) is 24.8 Å². The minimum absolute atomic E-state index is 0.774. The third-order valence-electron chi connectivity index (χ3n) is 3.37. The lowest BCUT2D eigenvalue weighted by atomic mass is 10.1. The van der Waals surface area contributed by atoms with Gasteiger partial charge in [-0.2, -0.15) is 0 Å². The molecule has 0 unspecified atom stereocenters. The smallest absolute Gasteiger partial charge is 0.127 e. The van der Waals surface area contributed by atoms with Crippen LogP contribution in [0.4, 0.5) is 0 Å². The van der Waals surface area contributed by atoms with Gasteiger partial charge in [-0.05, 0) is 44.5 Å². The standard InChI is InChI=1S/C15H24N2O2/c1-18-14-5-3-6-15(19-2)13(14)11-16-9-4-10-17-12-7-8-12/h3,5-6,12,16-17H,4,7-11H2,1-2H3. The third-order valence-corrected chi connectivity index (χ3v) is 3.37. The van der Waals surface area contributed by atoms with Crippen LogP contribution in [0.25, 0.3) is 0 Å². The van der Waals surface area contributed by atoms with E-state index in [4.69, 9.17) is 9.47 Å². The van der Waals surface area contributed by atoms with Crippen LogP contribution in [-0.4, -0.2) is 33.4 Å². The highest BCUT2D eigenvalue weighted by Gasteiger charge is 2.19. The Kier molecular flexibility index (Phi) is 5.48. The minimum atomic E-state index is 0.774. The third kappa shape index (κ3) is 4.40. The van der Waals surface area contributed by atoms with Crippen LogP contribution in [-0.2, 0) is 6.54 Å². The molecule has 0 aromatic heterocycles. The molecule has 1 saturated carbocycles. The second-order valence-corrected chi connectivity index (χ2v) is 4.90. The summed E-state index contributed by atoms with van der Waals surface area (Å²) < 4.78 is 10.7. The fraction of sp³-hybridized carbons (Fsp3) is 0.600. The van der Waals surface area contributed by atoms with Crippen LogP contribution in [0.15, 0.2) is 18.2 Å². The minimum Gasteiger partial charge on any atom is -0.496 e. The van der Waals surface area contributed by atoms with Gasteiger partial charge >= 0.3 is 0 Å². The molecular weight excluding hydrogens is 240 g/mol. The molecular formula is C15H24N2O2. The van der Waals surface area contributed by atoms with Crippen LogP contribution in [0, 0.1) is 0 Å². The fourth-order valence-corrected chi connectivity index (χ4v) is 2.12. The van der Waals surface area contributed by atoms with E-state index >= 15 is 0 Å². The van der Waals surface area contributed by atoms with Gasteiger partial charge in [0.15, 0.2) is 0 Å². The summed E-state index contributed by atoms with van der Waals surface area (Å²) in [5.74, 6) is 1.76. The van der Waals surface area contributed by atoms with Crippen LogP contribution in [0.3, 0.4) is 0 Å². The molecule has 1 aromatic rings. The maximum atomic E-state index is 5.37. The highest BCUT2D eigenvalue weighted by atomic mass is 16.5. The molecule has 0 saturated heterocycles. The monoisotopic (exact) mass is 264 g/mol. The zero-order valence-corrected chi connectivity index (χ0v) is 11.9. The van der Waals surface area contributed by atoms with E-state index in [-0.39, 0.29) is 0 Å². The van der Waals surface area contributed by atoms with Gasteiger partial charge in [-0.1, -0.05) is 6.07 Å². The van der Waals surface area contributed by atoms with E-state index < -0.39 is 0 Å². The van der Waals surface area contributed by atoms with E-state index in [2.05, 4.69) is 10.6 Å². The predicted molar refractivity (Wildman–Crippen MR) is 76.9 cm³/mol. The zero-order chi connectivity index (χ0) is 13.5. The van der Waals surface area contributed by atoms with Crippen molar-refractivity contribution in [2.75, 3.05) is 27.3 Å². The molecule has 0 heterocycles. The molecule has 106 valence electrons. The molecule has 0 bridgehead atoms. The van der Waals surface area contributed by atoms with E-state index in [0.717, 1.165) is 49.2 Å². The molecule has 4 heteroatoms. The summed E-state index contributed by atoms with van der Waals surface area (Å²) >= 11 is 0. The van der Waals surface area contributed by atoms with Gasteiger partial charge in [0.05, 0.1) is 14.2 Å². The van der Waals surface area contributed by atoms with Gasteiger partial charge in [0.25, 0.3) is 0 Å². The van der Waals surface area contributed by atoms with Crippen molar-refractivity contribution in [2.45, 2.75) is 31.8 Å². The molecule has 19 heavy (non-hydrogen) atoms. The Morgan fingerprint density at radius 1 is 1.11 bits per heavy atom. The molecule has 1 aromatic carbocycles. The molecule has 0 atom stereocenters. The number of benzene rings is 1. The number of hydrogen-bond acceptors (Lipinski definition) is 4. The molecule has 4 nitrogen and oxygen atoms in total. The highest BCUT2D eigenvalue weighted by Crippen LogP contribution is 2.27. The summed E-state index contributed by atoms with van der Waals surface area (Å²) in [7, 11) is 3.38. The van der Waals surface area contributed by atoms with Crippen molar-refractivity contribution in [3.63, 3.8) is 0 Å². The maximum absolute atomic E-state index is 5.37. The molecule has 0 amide bonds. The summed E-state index contributed by atoms with van der Waals surface area (Å²) in [4.78, 5) is 0. The topological polar surface area (TPSA) is 42.5 Å². The van der Waals surface area contributed by atoms with Gasteiger partial charge in [-0.25, -0.2) is 0 Å². The van der Waals surface area contributed by atoms with Gasteiger partial charge in [0.2, 0.25) is 0 Å². The summed E-state index contributed by atoms with van der Waals surface area (Å²) in [6.07, 6.45) is 3.85. The van der Waals surface area contributed by atoms with Crippen LogP contribution >= 0.6 is 0 Å². The van der Waals surface area contributed by atoms with Gasteiger partial charge in [-0.15, -0.1) is 0 Å². The van der Waals surface area contributed by atoms with E-state index in [0.29, 0.717) is 0 Å². The van der Waals surface area contributed by atoms with Crippen molar-refractivity contribution >= 4 is 0 Å². The largest absolute Gasteiger partial charge is 0.496 e. The second kappa shape index (κ2) is 7.36. The average molecular weight is 264 g/mol. The summed E-state index contributed by atoms with van der Waals surface area (Å²) in [5.41, 5.74) is 1.09. The Morgan fingerprint density at radius 3 is 2.37 bits per heavy atom. The molecule has 2 N–H and O–H groups in total. The first-order valence-corrected chi connectivity index (χ1v) is 6.99. The Morgan fingerprint density at radius 2 is 1.79 bits per heavy atom. The predicted octanol–water partition coefficient (Wildman–Crippen LogP) is 1.94. The quantitative estimate of drug-likeness (QED) is 0.669. The zero-order valence-electron chi connectivity index (χ0n) is 11.9. The molecule has 1 aliphatic carbocycles. The van der Waals surface area contributed by atoms with Crippen molar-refractivity contribution in [1.82, 2.24) is 10.6 Å². The summed E-state index contributed by atoms with van der Waals surface area (Å²) in [5, 5.41) is 6.96. The Hall–Kier alpha value is -1.26. The SMILES string of the molecule is COc1cccc(OC)c1CNCCCNC1CC1. The van der Waals surface area contributed by atoms with E-state index in [9.17, 15) is 0 Å². The summed E-state index contributed by atoms with van der Waals surface area (Å²) in [6.45, 7) is 2.87. The number of methoxy groups -OCH3 is 2. The number of hydrogen-bond donors (Lipinski definition) is 2. The van der Waals surface area contributed by atoms with Crippen LogP contribution in [0.2, 0.25) is 0 Å². The van der Waals surface area contributed by atoms with Crippen molar-refractivity contribution in [3.8, 4) is 11.5 Å². The molecule has 0 radical (unpaired) electrons. The molecule has 0 aliphatic heterocycles. The number of rotatable bonds is 9. The van der Waals surface area contributed by atoms with Crippen LogP contribution < -0.4 is 20.1 Å². The van der Waals surface area contributed by atoms with Crippen molar-refractivity contribution in [1.29, 1.82) is 0 Å². The van der Waals surface area contributed by atoms with E-state index in [1.165, 1.54) is 12.8 Å². The first-order chi connectivity index (χ1) is 9.35. The molecule has 1 fully saturated rings. The Labute approximate surface area is 115 Å². The lowest BCUT2D eigenvalue weighted by Gasteiger charge is -2.13. The Balaban J connectivity index is 1.74. The van der Waals surface area contributed by atoms with Gasteiger partial charge < -0.3 is 20.1 Å². The number of ether oxygens (including phenoxy) is 2. The van der Waals surface area contributed by atoms with Crippen molar-refractivity contribution in [2.24, 2.45) is 0 Å². The Bertz CT molecular complexity index is 369. The van der Waals surface area contributed by atoms with E-state index in [1.54, 1.807) is 14.2 Å². The molecule has 2 rings (SSSR count). The normalized spacial score (nSPS) is 14.4. The van der Waals surface area contributed by atoms with Gasteiger partial charge in [-0.3, -0.25) is 0 Å². The average Bonchev–Trinajstić information content (AvgIpc) is 3.26. The highest BCUT2D eigenvalue weighted by molar-refractivity contribution is 5.44. The van der Waals surface area contributed by atoms with Crippen molar-refractivity contribution in [3.05, 3.63) is 23.8 Å². The first-order valence-electron chi connectivity index (χ1n) is 6.99. The molecule has 1 aliphatic rings.